The Labute approximate surface area is 174 Å². The Morgan fingerprint density at radius 1 is 0.867 bits per heavy atom. The van der Waals surface area contributed by atoms with Crippen molar-refractivity contribution in [2.24, 2.45) is 5.10 Å². The predicted molar refractivity (Wildman–Crippen MR) is 121 cm³/mol. The van der Waals surface area contributed by atoms with Gasteiger partial charge in [-0.25, -0.2) is 5.43 Å². The van der Waals surface area contributed by atoms with Crippen molar-refractivity contribution in [1.29, 1.82) is 0 Å². The van der Waals surface area contributed by atoms with Crippen LogP contribution >= 0.6 is 0 Å². The number of hydrogen-bond donors (Lipinski definition) is 2. The van der Waals surface area contributed by atoms with Crippen LogP contribution in [-0.2, 0) is 4.79 Å². The van der Waals surface area contributed by atoms with Crippen LogP contribution in [0, 0.1) is 6.92 Å². The molecular weight excluding hydrogens is 374 g/mol. The molecule has 0 aliphatic heterocycles. The van der Waals surface area contributed by atoms with E-state index in [2.05, 4.69) is 34.0 Å². The molecule has 0 aliphatic rings. The summed E-state index contributed by atoms with van der Waals surface area (Å²) in [4.78, 5) is 24.2. The van der Waals surface area contributed by atoms with E-state index in [1.807, 2.05) is 55.5 Å². The van der Waals surface area contributed by atoms with Gasteiger partial charge in [-0.05, 0) is 46.7 Å². The summed E-state index contributed by atoms with van der Waals surface area (Å²) in [6, 6.07) is 25.4. The van der Waals surface area contributed by atoms with Gasteiger partial charge in [-0.3, -0.25) is 9.59 Å². The molecule has 0 saturated carbocycles. The Balaban J connectivity index is 1.46. The Morgan fingerprint density at radius 3 is 2.10 bits per heavy atom. The second-order valence-electron chi connectivity index (χ2n) is 7.07. The van der Waals surface area contributed by atoms with Gasteiger partial charge in [-0.15, -0.1) is 0 Å². The van der Waals surface area contributed by atoms with E-state index in [0.717, 1.165) is 32.7 Å². The number of hydrazone groups is 1. The first-order valence-corrected chi connectivity index (χ1v) is 9.69. The van der Waals surface area contributed by atoms with E-state index in [1.165, 1.54) is 0 Å². The number of carbonyl (C=O) groups is 2. The molecule has 4 aromatic carbocycles. The Morgan fingerprint density at radius 2 is 1.47 bits per heavy atom. The first-order valence-electron chi connectivity index (χ1n) is 9.69. The number of nitrogens with zero attached hydrogens (tertiary/aromatic N) is 1. The summed E-state index contributed by atoms with van der Waals surface area (Å²) in [5, 5.41) is 11.1. The molecule has 0 aromatic heterocycles. The number of amides is 2. The van der Waals surface area contributed by atoms with Crippen LogP contribution in [0.5, 0.6) is 0 Å². The van der Waals surface area contributed by atoms with E-state index in [0.29, 0.717) is 5.56 Å². The van der Waals surface area contributed by atoms with Crippen molar-refractivity contribution in [3.8, 4) is 0 Å². The summed E-state index contributed by atoms with van der Waals surface area (Å²) >= 11 is 0. The predicted octanol–water partition coefficient (Wildman–Crippen LogP) is 4.18. The summed E-state index contributed by atoms with van der Waals surface area (Å²) in [5.74, 6) is -0.689. The number of fused-ring (bicyclic) bond motifs is 2. The quantitative estimate of drug-likeness (QED) is 0.302. The smallest absolute Gasteiger partial charge is 0.259 e. The molecule has 0 bridgehead atoms. The lowest BCUT2D eigenvalue weighted by Crippen LogP contribution is -2.34. The van der Waals surface area contributed by atoms with E-state index in [-0.39, 0.29) is 12.5 Å². The minimum atomic E-state index is -0.392. The highest BCUT2D eigenvalue weighted by molar-refractivity contribution is 6.13. The zero-order valence-corrected chi connectivity index (χ0v) is 16.6. The fraction of sp³-hybridized carbons (Fsp3) is 0.0800. The third-order valence-corrected chi connectivity index (χ3v) is 4.92. The first kappa shape index (κ1) is 19.3. The molecule has 0 radical (unpaired) electrons. The van der Waals surface area contributed by atoms with Crippen LogP contribution in [0.3, 0.4) is 0 Å². The molecule has 0 atom stereocenters. The Bertz CT molecular complexity index is 1210. The second kappa shape index (κ2) is 8.57. The number of benzene rings is 4. The van der Waals surface area contributed by atoms with Crippen molar-refractivity contribution in [3.63, 3.8) is 0 Å². The van der Waals surface area contributed by atoms with Gasteiger partial charge in [0.15, 0.2) is 0 Å². The average Bonchev–Trinajstić information content (AvgIpc) is 2.77. The molecule has 30 heavy (non-hydrogen) atoms. The molecule has 2 amide bonds. The molecule has 0 fully saturated rings. The van der Waals surface area contributed by atoms with Crippen LogP contribution in [-0.4, -0.2) is 24.6 Å². The van der Waals surface area contributed by atoms with Gasteiger partial charge in [0.2, 0.25) is 0 Å². The van der Waals surface area contributed by atoms with Crippen LogP contribution in [0.2, 0.25) is 0 Å². The number of rotatable bonds is 5. The first-order chi connectivity index (χ1) is 14.6. The summed E-state index contributed by atoms with van der Waals surface area (Å²) in [6.07, 6.45) is 1.66. The van der Waals surface area contributed by atoms with Crippen LogP contribution < -0.4 is 10.7 Å². The molecular formula is C25H21N3O2. The molecule has 5 nitrogen and oxygen atoms in total. The number of nitrogens with one attached hydrogen (secondary N) is 2. The molecule has 4 aromatic rings. The molecule has 5 heteroatoms. The van der Waals surface area contributed by atoms with Crippen LogP contribution in [0.1, 0.15) is 21.5 Å². The molecule has 0 spiro atoms. The minimum absolute atomic E-state index is 0.152. The molecule has 2 N–H and O–H groups in total. The summed E-state index contributed by atoms with van der Waals surface area (Å²) < 4.78 is 0. The van der Waals surface area contributed by atoms with Gasteiger partial charge in [0.25, 0.3) is 11.8 Å². The van der Waals surface area contributed by atoms with Crippen molar-refractivity contribution in [3.05, 3.63) is 95.6 Å². The van der Waals surface area contributed by atoms with Gasteiger partial charge in [0, 0.05) is 11.1 Å². The largest absolute Gasteiger partial charge is 0.343 e. The second-order valence-corrected chi connectivity index (χ2v) is 7.07. The van der Waals surface area contributed by atoms with E-state index in [1.54, 1.807) is 18.3 Å². The van der Waals surface area contributed by atoms with Gasteiger partial charge >= 0.3 is 0 Å². The lowest BCUT2D eigenvalue weighted by atomic mass is 9.97. The maximum atomic E-state index is 12.1. The molecule has 0 unspecified atom stereocenters. The fourth-order valence-electron chi connectivity index (χ4n) is 3.36. The van der Waals surface area contributed by atoms with Gasteiger partial charge in [-0.2, -0.15) is 5.10 Å². The SMILES string of the molecule is Cc1ccc(C(=O)NCC(=O)NN=Cc2c3ccccc3cc3ccccc23)cc1. The van der Waals surface area contributed by atoms with Gasteiger partial charge < -0.3 is 5.32 Å². The van der Waals surface area contributed by atoms with Crippen molar-refractivity contribution >= 4 is 39.6 Å². The van der Waals surface area contributed by atoms with Crippen LogP contribution in [0.15, 0.2) is 84.0 Å². The van der Waals surface area contributed by atoms with Gasteiger partial charge in [0.05, 0.1) is 12.8 Å². The lowest BCUT2D eigenvalue weighted by Gasteiger charge is -2.08. The van der Waals surface area contributed by atoms with Crippen LogP contribution in [0.4, 0.5) is 0 Å². The van der Waals surface area contributed by atoms with Crippen LogP contribution in [0.25, 0.3) is 21.5 Å². The topological polar surface area (TPSA) is 70.6 Å². The number of carbonyl (C=O) groups excluding carboxylic acids is 2. The third-order valence-electron chi connectivity index (χ3n) is 4.92. The van der Waals surface area contributed by atoms with E-state index < -0.39 is 5.91 Å². The Kier molecular flexibility index (Phi) is 5.52. The zero-order chi connectivity index (χ0) is 20.9. The van der Waals surface area contributed by atoms with Gasteiger partial charge in [-0.1, -0.05) is 66.2 Å². The van der Waals surface area contributed by atoms with Crippen molar-refractivity contribution in [2.45, 2.75) is 6.92 Å². The maximum Gasteiger partial charge on any atom is 0.259 e. The van der Waals surface area contributed by atoms with E-state index in [4.69, 9.17) is 0 Å². The number of hydrogen-bond acceptors (Lipinski definition) is 3. The molecule has 0 aliphatic carbocycles. The summed E-state index contributed by atoms with van der Waals surface area (Å²) in [6.45, 7) is 1.80. The fourth-order valence-corrected chi connectivity index (χ4v) is 3.36. The summed E-state index contributed by atoms with van der Waals surface area (Å²) in [7, 11) is 0. The van der Waals surface area contributed by atoms with E-state index in [9.17, 15) is 9.59 Å². The normalized spacial score (nSPS) is 11.1. The van der Waals surface area contributed by atoms with Crippen molar-refractivity contribution in [1.82, 2.24) is 10.7 Å². The van der Waals surface area contributed by atoms with Crippen molar-refractivity contribution in [2.75, 3.05) is 6.54 Å². The lowest BCUT2D eigenvalue weighted by molar-refractivity contribution is -0.120. The summed E-state index contributed by atoms with van der Waals surface area (Å²) in [5.41, 5.74) is 5.01. The van der Waals surface area contributed by atoms with Gasteiger partial charge in [0.1, 0.15) is 0 Å². The average molecular weight is 395 g/mol. The standard InChI is InChI=1S/C25H21N3O2/c1-17-10-12-18(13-11-17)25(30)26-16-24(29)28-27-15-23-21-8-4-2-6-19(21)14-20-7-3-5-9-22(20)23/h2-15H,16H2,1H3,(H,26,30)(H,28,29). The highest BCUT2D eigenvalue weighted by Gasteiger charge is 2.08. The molecule has 4 rings (SSSR count). The zero-order valence-electron chi connectivity index (χ0n) is 16.6. The maximum absolute atomic E-state index is 12.1. The molecule has 0 heterocycles. The molecule has 148 valence electrons. The Hall–Kier alpha value is -3.99. The third kappa shape index (κ3) is 4.20. The monoisotopic (exact) mass is 395 g/mol. The number of aryl methyl sites for hydroxylation is 1. The molecule has 0 saturated heterocycles. The van der Waals surface area contributed by atoms with E-state index >= 15 is 0 Å². The highest BCUT2D eigenvalue weighted by atomic mass is 16.2. The highest BCUT2D eigenvalue weighted by Crippen LogP contribution is 2.27. The minimum Gasteiger partial charge on any atom is -0.343 e. The van der Waals surface area contributed by atoms with Crippen molar-refractivity contribution < 1.29 is 9.59 Å².